The van der Waals surface area contributed by atoms with Gasteiger partial charge in [-0.3, -0.25) is 0 Å². The molecule has 0 amide bonds. The van der Waals surface area contributed by atoms with E-state index in [9.17, 15) is 0 Å². The summed E-state index contributed by atoms with van der Waals surface area (Å²) in [5.41, 5.74) is 3.14. The third kappa shape index (κ3) is 14.8. The maximum absolute atomic E-state index is 4.13. The molecule has 0 saturated carbocycles. The second-order valence-electron chi connectivity index (χ2n) is 11.4. The van der Waals surface area contributed by atoms with Crippen molar-refractivity contribution in [2.24, 2.45) is 23.7 Å². The first-order valence-electron chi connectivity index (χ1n) is 15.3. The number of allylic oxidation sites excluding steroid dienone is 8. The fourth-order valence-corrected chi connectivity index (χ4v) is 5.64. The number of hydrogen-bond acceptors (Lipinski definition) is 0. The Morgan fingerprint density at radius 2 is 1.60 bits per heavy atom. The van der Waals surface area contributed by atoms with Crippen molar-refractivity contribution in [1.82, 2.24) is 0 Å². The van der Waals surface area contributed by atoms with Crippen LogP contribution in [0.3, 0.4) is 0 Å². The normalized spacial score (nSPS) is 17.5. The minimum absolute atomic E-state index is 0.662. The van der Waals surface area contributed by atoms with E-state index in [1.54, 1.807) is 5.57 Å². The van der Waals surface area contributed by atoms with E-state index in [0.717, 1.165) is 17.8 Å². The van der Waals surface area contributed by atoms with Crippen LogP contribution in [0.4, 0.5) is 0 Å². The van der Waals surface area contributed by atoms with E-state index in [1.807, 2.05) is 0 Å². The zero-order chi connectivity index (χ0) is 25.7. The lowest BCUT2D eigenvalue weighted by Gasteiger charge is -2.27. The second kappa shape index (κ2) is 20.8. The van der Waals surface area contributed by atoms with Gasteiger partial charge in [-0.1, -0.05) is 122 Å². The van der Waals surface area contributed by atoms with Crippen molar-refractivity contribution in [3.63, 3.8) is 0 Å². The summed E-state index contributed by atoms with van der Waals surface area (Å²) in [4.78, 5) is 0. The highest BCUT2D eigenvalue weighted by Crippen LogP contribution is 2.35. The highest BCUT2D eigenvalue weighted by molar-refractivity contribution is 5.37. The van der Waals surface area contributed by atoms with Gasteiger partial charge in [0.15, 0.2) is 0 Å². The van der Waals surface area contributed by atoms with Gasteiger partial charge < -0.3 is 0 Å². The molecule has 35 heavy (non-hydrogen) atoms. The van der Waals surface area contributed by atoms with Crippen LogP contribution in [-0.4, -0.2) is 0 Å². The summed E-state index contributed by atoms with van der Waals surface area (Å²) >= 11 is 0. The largest absolute Gasteiger partial charge is 0.103 e. The monoisotopic (exact) mass is 480 g/mol. The number of unbranched alkanes of at least 4 members (excludes halogenated alkanes) is 5. The lowest BCUT2D eigenvalue weighted by atomic mass is 9.79. The molecule has 0 aromatic carbocycles. The minimum Gasteiger partial charge on any atom is -0.103 e. The number of rotatable bonds is 22. The van der Waals surface area contributed by atoms with Gasteiger partial charge in [-0.25, -0.2) is 0 Å². The maximum Gasteiger partial charge on any atom is -0.0157 e. The molecule has 0 aromatic rings. The van der Waals surface area contributed by atoms with Crippen LogP contribution in [-0.2, 0) is 0 Å². The molecule has 1 aliphatic carbocycles. The maximum atomic E-state index is 4.13. The van der Waals surface area contributed by atoms with Crippen molar-refractivity contribution < 1.29 is 0 Å². The van der Waals surface area contributed by atoms with Crippen LogP contribution in [0.5, 0.6) is 0 Å². The lowest BCUT2D eigenvalue weighted by Crippen LogP contribution is -2.13. The predicted octanol–water partition coefficient (Wildman–Crippen LogP) is 12.0. The second-order valence-corrected chi connectivity index (χ2v) is 11.4. The van der Waals surface area contributed by atoms with Gasteiger partial charge in [0.05, 0.1) is 0 Å². The van der Waals surface area contributed by atoms with Crippen LogP contribution in [0, 0.1) is 23.7 Å². The third-order valence-corrected chi connectivity index (χ3v) is 8.26. The molecule has 0 nitrogen and oxygen atoms in total. The van der Waals surface area contributed by atoms with E-state index < -0.39 is 0 Å². The average molecular weight is 481 g/mol. The SMILES string of the molecule is C=CC1=C(C(CCCCC)CC(C)CCC(CC)CCCCC=CCCCC(C)C=C)C=CCC1. The molecular formula is C35H60. The van der Waals surface area contributed by atoms with Crippen LogP contribution in [0.1, 0.15) is 137 Å². The molecule has 0 spiro atoms. The molecule has 0 aliphatic heterocycles. The first kappa shape index (κ1) is 31.7. The Kier molecular flexibility index (Phi) is 18.9. The number of hydrogen-bond donors (Lipinski definition) is 0. The minimum atomic E-state index is 0.662. The Morgan fingerprint density at radius 3 is 2.29 bits per heavy atom. The zero-order valence-electron chi connectivity index (χ0n) is 24.2. The highest BCUT2D eigenvalue weighted by Gasteiger charge is 2.20. The molecule has 0 bridgehead atoms. The molecular weight excluding hydrogens is 420 g/mol. The van der Waals surface area contributed by atoms with Gasteiger partial charge in [-0.2, -0.15) is 0 Å². The van der Waals surface area contributed by atoms with Crippen molar-refractivity contribution in [2.45, 2.75) is 137 Å². The smallest absolute Gasteiger partial charge is 0.0157 e. The van der Waals surface area contributed by atoms with E-state index in [-0.39, 0.29) is 0 Å². The fraction of sp³-hybridized carbons (Fsp3) is 0.714. The van der Waals surface area contributed by atoms with Crippen LogP contribution in [0.2, 0.25) is 0 Å². The van der Waals surface area contributed by atoms with Gasteiger partial charge in [-0.05, 0) is 92.6 Å². The van der Waals surface area contributed by atoms with Crippen LogP contribution < -0.4 is 0 Å². The van der Waals surface area contributed by atoms with Gasteiger partial charge in [0.1, 0.15) is 0 Å². The first-order valence-corrected chi connectivity index (χ1v) is 15.3. The van der Waals surface area contributed by atoms with Gasteiger partial charge >= 0.3 is 0 Å². The van der Waals surface area contributed by atoms with E-state index >= 15 is 0 Å². The summed E-state index contributed by atoms with van der Waals surface area (Å²) < 4.78 is 0. The van der Waals surface area contributed by atoms with Crippen molar-refractivity contribution >= 4 is 0 Å². The van der Waals surface area contributed by atoms with Gasteiger partial charge in [-0.15, -0.1) is 6.58 Å². The molecule has 1 aliphatic rings. The summed E-state index contributed by atoms with van der Waals surface area (Å²) in [6, 6.07) is 0. The molecule has 0 heteroatoms. The van der Waals surface area contributed by atoms with Crippen LogP contribution in [0.25, 0.3) is 0 Å². The van der Waals surface area contributed by atoms with E-state index in [2.05, 4.69) is 77.3 Å². The highest BCUT2D eigenvalue weighted by atomic mass is 14.3. The Balaban J connectivity index is 2.37. The van der Waals surface area contributed by atoms with E-state index in [0.29, 0.717) is 5.92 Å². The average Bonchev–Trinajstić information content (AvgIpc) is 2.88. The Morgan fingerprint density at radius 1 is 0.857 bits per heavy atom. The summed E-state index contributed by atoms with van der Waals surface area (Å²) in [6.07, 6.45) is 36.4. The molecule has 1 rings (SSSR count). The molecule has 0 saturated heterocycles. The Bertz CT molecular complexity index is 630. The van der Waals surface area contributed by atoms with Crippen LogP contribution in [0.15, 0.2) is 60.8 Å². The van der Waals surface area contributed by atoms with Gasteiger partial charge in [0.2, 0.25) is 0 Å². The summed E-state index contributed by atoms with van der Waals surface area (Å²) in [5, 5.41) is 0. The Labute approximate surface area is 221 Å². The molecule has 0 radical (unpaired) electrons. The third-order valence-electron chi connectivity index (χ3n) is 8.26. The van der Waals surface area contributed by atoms with Gasteiger partial charge in [0.25, 0.3) is 0 Å². The van der Waals surface area contributed by atoms with Crippen molar-refractivity contribution in [1.29, 1.82) is 0 Å². The lowest BCUT2D eigenvalue weighted by molar-refractivity contribution is 0.330. The topological polar surface area (TPSA) is 0 Å². The van der Waals surface area contributed by atoms with E-state index in [4.69, 9.17) is 0 Å². The summed E-state index contributed by atoms with van der Waals surface area (Å²) in [7, 11) is 0. The van der Waals surface area contributed by atoms with Crippen molar-refractivity contribution in [2.75, 3.05) is 0 Å². The fourth-order valence-electron chi connectivity index (χ4n) is 5.64. The van der Waals surface area contributed by atoms with Crippen molar-refractivity contribution in [3.8, 4) is 0 Å². The quantitative estimate of drug-likeness (QED) is 0.107. The molecule has 0 fully saturated rings. The molecule has 4 unspecified atom stereocenters. The van der Waals surface area contributed by atoms with E-state index in [1.165, 1.54) is 115 Å². The van der Waals surface area contributed by atoms with Crippen molar-refractivity contribution in [3.05, 3.63) is 60.8 Å². The molecule has 0 N–H and O–H groups in total. The standard InChI is InChI=1S/C35H60/c1-7-11-17-25-34(35-26-21-20-24-33(35)10-4)29-31(6)27-28-32(9-3)23-19-16-14-12-13-15-18-22-30(5)8-2/h8,10,12-13,21,26,30-32,34H,2,4,7,9,11,14-20,22-25,27-29H2,1,3,5-6H3. The summed E-state index contributed by atoms with van der Waals surface area (Å²) in [5.74, 6) is 3.12. The zero-order valence-corrected chi connectivity index (χ0v) is 24.2. The first-order chi connectivity index (χ1) is 17.0. The Hall–Kier alpha value is -1.30. The molecule has 200 valence electrons. The molecule has 0 aromatic heterocycles. The summed E-state index contributed by atoms with van der Waals surface area (Å²) in [6.45, 7) is 17.5. The molecule has 4 atom stereocenters. The molecule has 0 heterocycles. The predicted molar refractivity (Wildman–Crippen MR) is 161 cm³/mol. The van der Waals surface area contributed by atoms with Gasteiger partial charge in [0, 0.05) is 0 Å². The van der Waals surface area contributed by atoms with Crippen LogP contribution >= 0.6 is 0 Å².